The second-order valence-electron chi connectivity index (χ2n) is 18.4. The fourth-order valence-corrected chi connectivity index (χ4v) is 11.2. The average Bonchev–Trinajstić information content (AvgIpc) is 3.87. The molecule has 4 aliphatic heterocycles. The summed E-state index contributed by atoms with van der Waals surface area (Å²) >= 11 is 0. The molecule has 0 spiro atoms. The van der Waals surface area contributed by atoms with Crippen LogP contribution < -0.4 is 0 Å². The van der Waals surface area contributed by atoms with Crippen LogP contribution in [0.2, 0.25) is 0 Å². The van der Waals surface area contributed by atoms with E-state index in [9.17, 15) is 14.7 Å². The number of fused-ring (bicyclic) bond motifs is 5. The minimum atomic E-state index is -0.717. The van der Waals surface area contributed by atoms with E-state index < -0.39 is 36.1 Å². The van der Waals surface area contributed by atoms with Gasteiger partial charge < -0.3 is 52.6 Å². The van der Waals surface area contributed by atoms with Crippen LogP contribution in [0.5, 0.6) is 0 Å². The topological polar surface area (TPSA) is 144 Å². The van der Waals surface area contributed by atoms with E-state index in [4.69, 9.17) is 42.6 Å². The first-order valence-corrected chi connectivity index (χ1v) is 22.4. The average molecular weight is 830 g/mol. The van der Waals surface area contributed by atoms with Crippen molar-refractivity contribution in [3.63, 3.8) is 0 Å². The maximum absolute atomic E-state index is 15.0. The van der Waals surface area contributed by atoms with Gasteiger partial charge in [-0.15, -0.1) is 0 Å². The molecule has 13 nitrogen and oxygen atoms in total. The molecule has 4 heterocycles. The highest BCUT2D eigenvalue weighted by atomic mass is 16.7. The van der Waals surface area contributed by atoms with Crippen LogP contribution in [0.3, 0.4) is 0 Å². The quantitative estimate of drug-likeness (QED) is 0.148. The predicted molar refractivity (Wildman–Crippen MR) is 218 cm³/mol. The van der Waals surface area contributed by atoms with Gasteiger partial charge in [0.15, 0.2) is 18.4 Å². The number of allylic oxidation sites excluding steroid dienone is 4. The largest absolute Gasteiger partial charge is 0.458 e. The van der Waals surface area contributed by atoms with Gasteiger partial charge in [0, 0.05) is 44.4 Å². The summed E-state index contributed by atoms with van der Waals surface area (Å²) in [6.07, 6.45) is 13.3. The van der Waals surface area contributed by atoms with Gasteiger partial charge in [-0.1, -0.05) is 38.2 Å². The fourth-order valence-electron chi connectivity index (χ4n) is 11.2. The molecule has 7 rings (SSSR count). The molecule has 5 fully saturated rings. The third-order valence-corrected chi connectivity index (χ3v) is 14.5. The maximum atomic E-state index is 15.0. The Balaban J connectivity index is 1.17. The molecule has 0 radical (unpaired) electrons. The Labute approximate surface area is 351 Å². The Hall–Kier alpha value is -2.04. The Morgan fingerprint density at radius 3 is 2.44 bits per heavy atom. The number of carbonyl (C=O) groups is 2. The Morgan fingerprint density at radius 2 is 1.76 bits per heavy atom. The molecule has 332 valence electrons. The fraction of sp³-hybridized carbons (Fsp3) is 0.826. The van der Waals surface area contributed by atoms with Crippen molar-refractivity contribution in [2.24, 2.45) is 35.5 Å². The smallest absolute Gasteiger partial charge is 0.307 e. The number of ether oxygens (including phenoxy) is 9. The number of ketones is 1. The highest BCUT2D eigenvalue weighted by molar-refractivity contribution is 5.99. The summed E-state index contributed by atoms with van der Waals surface area (Å²) in [4.78, 5) is 31.0. The normalized spacial score (nSPS) is 45.3. The van der Waals surface area contributed by atoms with Crippen LogP contribution >= 0.6 is 0 Å². The van der Waals surface area contributed by atoms with Crippen LogP contribution in [-0.2, 0) is 52.2 Å². The summed E-state index contributed by atoms with van der Waals surface area (Å²) in [7, 11) is 7.40. The van der Waals surface area contributed by atoms with Crippen molar-refractivity contribution in [1.29, 1.82) is 0 Å². The molecular weight excluding hydrogens is 759 g/mol. The number of Topliss-reactive ketones (excluding diaryl/α,β-unsaturated/α-hetero) is 1. The lowest BCUT2D eigenvalue weighted by atomic mass is 9.68. The van der Waals surface area contributed by atoms with E-state index in [0.29, 0.717) is 50.5 Å². The van der Waals surface area contributed by atoms with Gasteiger partial charge in [0.25, 0.3) is 0 Å². The molecule has 0 amide bonds. The summed E-state index contributed by atoms with van der Waals surface area (Å²) < 4.78 is 56.6. The maximum Gasteiger partial charge on any atom is 0.307 e. The van der Waals surface area contributed by atoms with Gasteiger partial charge in [0.1, 0.15) is 18.3 Å². The number of methoxy groups -OCH3 is 2. The first kappa shape index (κ1) is 45.0. The molecule has 0 aromatic carbocycles. The van der Waals surface area contributed by atoms with E-state index in [-0.39, 0.29) is 91.2 Å². The highest BCUT2D eigenvalue weighted by Gasteiger charge is 2.59. The molecule has 7 aliphatic rings. The Kier molecular flexibility index (Phi) is 14.9. The van der Waals surface area contributed by atoms with E-state index in [2.05, 4.69) is 57.1 Å². The van der Waals surface area contributed by atoms with E-state index in [1.165, 1.54) is 0 Å². The number of cyclic esters (lactones) is 1. The molecule has 10 unspecified atom stereocenters. The predicted octanol–water partition coefficient (Wildman–Crippen LogP) is 5.18. The molecule has 0 bridgehead atoms. The van der Waals surface area contributed by atoms with Crippen molar-refractivity contribution in [2.75, 3.05) is 48.1 Å². The number of epoxide rings is 1. The zero-order chi connectivity index (χ0) is 42.0. The zero-order valence-corrected chi connectivity index (χ0v) is 36.6. The lowest BCUT2D eigenvalue weighted by molar-refractivity contribution is -0.300. The van der Waals surface area contributed by atoms with Gasteiger partial charge in [0.05, 0.1) is 68.3 Å². The zero-order valence-electron chi connectivity index (χ0n) is 36.6. The summed E-state index contributed by atoms with van der Waals surface area (Å²) in [5.74, 6) is -1.79. The van der Waals surface area contributed by atoms with Crippen molar-refractivity contribution in [3.8, 4) is 0 Å². The number of hydrogen-bond donors (Lipinski definition) is 1. The van der Waals surface area contributed by atoms with E-state index >= 15 is 0 Å². The second kappa shape index (κ2) is 19.6. The molecule has 1 saturated carbocycles. The first-order valence-electron chi connectivity index (χ1n) is 22.4. The minimum Gasteiger partial charge on any atom is -0.458 e. The number of aliphatic hydroxyl groups is 1. The molecule has 0 aromatic rings. The minimum absolute atomic E-state index is 0.000251. The number of likely N-dealkylation sites (N-methyl/N-ethyl adjacent to an activating group) is 1. The number of rotatable bonds is 13. The summed E-state index contributed by atoms with van der Waals surface area (Å²) in [6.45, 7) is 9.02. The Bertz CT molecular complexity index is 1530. The van der Waals surface area contributed by atoms with Crippen LogP contribution in [-0.4, -0.2) is 143 Å². The van der Waals surface area contributed by atoms with Crippen LogP contribution in [0.25, 0.3) is 0 Å². The van der Waals surface area contributed by atoms with E-state index in [1.54, 1.807) is 14.2 Å². The number of carbonyl (C=O) groups excluding carboxylic acids is 2. The summed E-state index contributed by atoms with van der Waals surface area (Å²) in [5.41, 5.74) is -0.00312. The second-order valence-corrected chi connectivity index (χ2v) is 18.4. The van der Waals surface area contributed by atoms with Gasteiger partial charge in [-0.2, -0.15) is 0 Å². The number of nitrogens with zero attached hydrogens (tertiary/aromatic N) is 1. The van der Waals surface area contributed by atoms with Crippen LogP contribution in [0.1, 0.15) is 85.5 Å². The molecule has 13 heteroatoms. The molecule has 59 heavy (non-hydrogen) atoms. The van der Waals surface area contributed by atoms with E-state index in [1.807, 2.05) is 19.9 Å². The number of aliphatic hydroxyl groups excluding tert-OH is 1. The van der Waals surface area contributed by atoms with Crippen molar-refractivity contribution in [1.82, 2.24) is 4.90 Å². The van der Waals surface area contributed by atoms with Crippen molar-refractivity contribution in [2.45, 2.75) is 159 Å². The van der Waals surface area contributed by atoms with Crippen LogP contribution in [0.4, 0.5) is 0 Å². The SMILES string of the molecule is CC/C=C/[C@H]1CCC[C@H](OC2CCC(N(C)C)C(C)O2)[C@@H](C)C(=O)C2=C[C@@H]3[C@@H](C=CC4(OCC5CO5)C[C@@H](OC5OC(C)C(OC)C(OC)C5CO)C[C@@H]34)[C@@H]2CC(=O)O1. The van der Waals surface area contributed by atoms with Crippen molar-refractivity contribution >= 4 is 11.8 Å². The lowest BCUT2D eigenvalue weighted by Gasteiger charge is -2.44. The lowest BCUT2D eigenvalue weighted by Crippen LogP contribution is -2.57. The van der Waals surface area contributed by atoms with E-state index in [0.717, 1.165) is 25.7 Å². The highest BCUT2D eigenvalue weighted by Crippen LogP contribution is 2.57. The Morgan fingerprint density at radius 1 is 0.983 bits per heavy atom. The summed E-state index contributed by atoms with van der Waals surface area (Å²) in [5, 5.41) is 10.5. The standard InChI is InChI=1S/C46H71NO12/c1-9-10-12-29-13-11-14-39(59-41-16-15-38(47(5)6)27(3)55-41)26(2)42(50)35-20-34-32(33(35)21-40(49)57-29)17-18-46(54-25-31-24-53-31)22-30(19-37(34)46)58-45-36(23-48)44(52-8)43(51-7)28(4)56-45/h10,12,17-18,20,26-34,36-39,41,43-45,48H,9,11,13-16,19,21-25H2,1-8H3/b12-10+/t26-,27?,28?,29+,30+,31?,32+,33+,34-,36?,37+,38?,39+,41?,43?,44?,45?,46?/m1/s1. The van der Waals surface area contributed by atoms with Gasteiger partial charge in [-0.25, -0.2) is 0 Å². The molecule has 3 aliphatic carbocycles. The molecule has 4 saturated heterocycles. The van der Waals surface area contributed by atoms with Gasteiger partial charge >= 0.3 is 5.97 Å². The first-order chi connectivity index (χ1) is 28.4. The van der Waals surface area contributed by atoms with Crippen molar-refractivity contribution < 1.29 is 57.3 Å². The molecule has 0 aromatic heterocycles. The van der Waals surface area contributed by atoms with Gasteiger partial charge in [-0.3, -0.25) is 9.59 Å². The molecule has 1 N–H and O–H groups in total. The summed E-state index contributed by atoms with van der Waals surface area (Å²) in [6, 6.07) is 0.306. The number of hydrogen-bond acceptors (Lipinski definition) is 13. The monoisotopic (exact) mass is 829 g/mol. The third-order valence-electron chi connectivity index (χ3n) is 14.5. The van der Waals surface area contributed by atoms with Gasteiger partial charge in [-0.05, 0) is 96.4 Å². The number of esters is 1. The van der Waals surface area contributed by atoms with Crippen LogP contribution in [0, 0.1) is 35.5 Å². The van der Waals surface area contributed by atoms with Gasteiger partial charge in [0.2, 0.25) is 0 Å². The molecule has 18 atom stereocenters. The van der Waals surface area contributed by atoms with Crippen LogP contribution in [0.15, 0.2) is 36.0 Å². The van der Waals surface area contributed by atoms with Crippen molar-refractivity contribution in [3.05, 3.63) is 36.0 Å². The molecular formula is C46H71NO12. The third kappa shape index (κ3) is 9.80.